The van der Waals surface area contributed by atoms with Gasteiger partial charge in [0.25, 0.3) is 6.43 Å². The van der Waals surface area contributed by atoms with Crippen molar-refractivity contribution in [3.05, 3.63) is 39.7 Å². The lowest BCUT2D eigenvalue weighted by Gasteiger charge is -2.16. The first-order valence-electron chi connectivity index (χ1n) is 6.27. The van der Waals surface area contributed by atoms with Crippen LogP contribution in [0.4, 0.5) is 17.6 Å². The van der Waals surface area contributed by atoms with Gasteiger partial charge in [0, 0.05) is 6.20 Å². The Morgan fingerprint density at radius 3 is 2.48 bits per heavy atom. The minimum Gasteiger partial charge on any atom is -0.491 e. The van der Waals surface area contributed by atoms with Crippen LogP contribution in [0, 0.1) is 11.6 Å². The number of nitrogens with zero attached hydrogens (tertiary/aromatic N) is 1. The van der Waals surface area contributed by atoms with Crippen molar-refractivity contribution in [2.45, 2.75) is 13.0 Å². The van der Waals surface area contributed by atoms with Crippen molar-refractivity contribution in [3.63, 3.8) is 0 Å². The van der Waals surface area contributed by atoms with Crippen molar-refractivity contribution < 1.29 is 31.8 Å². The first-order chi connectivity index (χ1) is 10.8. The Morgan fingerprint density at radius 1 is 1.30 bits per heavy atom. The summed E-state index contributed by atoms with van der Waals surface area (Å²) in [6.45, 7) is -0.956. The van der Waals surface area contributed by atoms with Gasteiger partial charge in [-0.25, -0.2) is 18.0 Å². The molecule has 0 aliphatic heterocycles. The molecule has 5 nitrogen and oxygen atoms in total. The lowest BCUT2D eigenvalue weighted by Crippen LogP contribution is -2.22. The number of alkyl halides is 2. The highest BCUT2D eigenvalue weighted by Crippen LogP contribution is 2.30. The zero-order valence-electron chi connectivity index (χ0n) is 12.0. The molecule has 0 unspecified atom stereocenters. The first-order valence-corrected chi connectivity index (χ1v) is 6.27. The maximum atomic E-state index is 13.8. The molecular weight excluding hydrogens is 322 g/mol. The summed E-state index contributed by atoms with van der Waals surface area (Å²) in [4.78, 5) is 23.9. The van der Waals surface area contributed by atoms with Crippen LogP contribution in [0.25, 0.3) is 10.9 Å². The van der Waals surface area contributed by atoms with E-state index in [9.17, 15) is 27.2 Å². The van der Waals surface area contributed by atoms with Gasteiger partial charge in [-0.15, -0.1) is 0 Å². The SMILES string of the molecule is COC(=O)c1cn(CC(F)F)c2c(OC)c(F)c(F)cc2c1=O. The van der Waals surface area contributed by atoms with Gasteiger partial charge in [0.2, 0.25) is 11.2 Å². The van der Waals surface area contributed by atoms with Crippen LogP contribution in [0.3, 0.4) is 0 Å². The summed E-state index contributed by atoms with van der Waals surface area (Å²) < 4.78 is 62.8. The maximum Gasteiger partial charge on any atom is 0.343 e. The minimum absolute atomic E-state index is 0.371. The normalized spacial score (nSPS) is 11.1. The van der Waals surface area contributed by atoms with E-state index >= 15 is 0 Å². The summed E-state index contributed by atoms with van der Waals surface area (Å²) in [5.41, 5.74) is -1.92. The fourth-order valence-electron chi connectivity index (χ4n) is 2.21. The third-order valence-electron chi connectivity index (χ3n) is 3.16. The predicted octanol–water partition coefficient (Wildman–Crippen LogP) is 2.34. The van der Waals surface area contributed by atoms with Gasteiger partial charge in [0.1, 0.15) is 5.56 Å². The van der Waals surface area contributed by atoms with Gasteiger partial charge in [-0.1, -0.05) is 0 Å². The molecule has 2 aromatic rings. The highest BCUT2D eigenvalue weighted by Gasteiger charge is 2.24. The number of ether oxygens (including phenoxy) is 2. The lowest BCUT2D eigenvalue weighted by atomic mass is 10.1. The van der Waals surface area contributed by atoms with E-state index in [0.29, 0.717) is 6.07 Å². The predicted molar refractivity (Wildman–Crippen MR) is 72.0 cm³/mol. The molecule has 0 amide bonds. The topological polar surface area (TPSA) is 57.5 Å². The largest absolute Gasteiger partial charge is 0.491 e. The van der Waals surface area contributed by atoms with Crippen LogP contribution in [-0.2, 0) is 11.3 Å². The van der Waals surface area contributed by atoms with E-state index in [2.05, 4.69) is 4.74 Å². The molecule has 0 bridgehead atoms. The quantitative estimate of drug-likeness (QED) is 0.637. The van der Waals surface area contributed by atoms with Crippen LogP contribution >= 0.6 is 0 Å². The van der Waals surface area contributed by atoms with Crippen molar-refractivity contribution in [3.8, 4) is 5.75 Å². The molecule has 9 heteroatoms. The van der Waals surface area contributed by atoms with E-state index in [4.69, 9.17) is 4.74 Å². The summed E-state index contributed by atoms with van der Waals surface area (Å²) in [6, 6.07) is 0.532. The Kier molecular flexibility index (Phi) is 4.57. The van der Waals surface area contributed by atoms with Crippen LogP contribution in [0.5, 0.6) is 5.75 Å². The van der Waals surface area contributed by atoms with Gasteiger partial charge in [0.15, 0.2) is 11.6 Å². The molecule has 2 rings (SSSR count). The molecule has 1 aromatic carbocycles. The van der Waals surface area contributed by atoms with E-state index in [1.54, 1.807) is 0 Å². The summed E-state index contributed by atoms with van der Waals surface area (Å²) in [7, 11) is 2.00. The van der Waals surface area contributed by atoms with Gasteiger partial charge in [-0.2, -0.15) is 4.39 Å². The number of hydrogen-bond donors (Lipinski definition) is 0. The molecule has 0 saturated carbocycles. The van der Waals surface area contributed by atoms with Gasteiger partial charge in [0.05, 0.1) is 31.7 Å². The van der Waals surface area contributed by atoms with E-state index in [1.807, 2.05) is 0 Å². The second-order valence-corrected chi connectivity index (χ2v) is 4.51. The highest BCUT2D eigenvalue weighted by molar-refractivity contribution is 5.95. The van der Waals surface area contributed by atoms with Crippen molar-refractivity contribution in [1.82, 2.24) is 4.57 Å². The van der Waals surface area contributed by atoms with Gasteiger partial charge in [-0.05, 0) is 6.07 Å². The molecule has 1 heterocycles. The monoisotopic (exact) mass is 333 g/mol. The molecular formula is C14H11F4NO4. The number of halogens is 4. The molecule has 1 aromatic heterocycles. The standard InChI is InChI=1S/C14H11F4NO4/c1-22-13-10(18)8(15)3-6-11(13)19(5-9(16)17)4-7(12(6)20)14(21)23-2/h3-4,9H,5H2,1-2H3. The number of rotatable bonds is 4. The average Bonchev–Trinajstić information content (AvgIpc) is 2.50. The van der Waals surface area contributed by atoms with Crippen molar-refractivity contribution in [2.75, 3.05) is 14.2 Å². The summed E-state index contributed by atoms with van der Waals surface area (Å²) in [5.74, 6) is -4.61. The average molecular weight is 333 g/mol. The fourth-order valence-corrected chi connectivity index (χ4v) is 2.21. The Hall–Kier alpha value is -2.58. The van der Waals surface area contributed by atoms with E-state index in [1.165, 1.54) is 0 Å². The molecule has 0 saturated heterocycles. The Balaban J connectivity index is 2.99. The molecule has 0 fully saturated rings. The number of hydrogen-bond acceptors (Lipinski definition) is 4. The van der Waals surface area contributed by atoms with Crippen LogP contribution < -0.4 is 10.2 Å². The van der Waals surface area contributed by atoms with Gasteiger partial charge >= 0.3 is 5.97 Å². The minimum atomic E-state index is -2.87. The molecule has 124 valence electrons. The molecule has 0 aliphatic rings. The molecule has 0 aliphatic carbocycles. The van der Waals surface area contributed by atoms with E-state index < -0.39 is 52.7 Å². The molecule has 23 heavy (non-hydrogen) atoms. The molecule has 0 radical (unpaired) electrons. The number of benzene rings is 1. The Morgan fingerprint density at radius 2 is 1.96 bits per heavy atom. The molecule has 0 atom stereocenters. The van der Waals surface area contributed by atoms with Crippen molar-refractivity contribution in [1.29, 1.82) is 0 Å². The van der Waals surface area contributed by atoms with E-state index in [0.717, 1.165) is 25.0 Å². The first kappa shape index (κ1) is 16.8. The van der Waals surface area contributed by atoms with Gasteiger partial charge in [-0.3, -0.25) is 4.79 Å². The summed E-state index contributed by atoms with van der Waals surface area (Å²) in [5, 5.41) is -0.468. The zero-order valence-corrected chi connectivity index (χ0v) is 12.0. The van der Waals surface area contributed by atoms with E-state index in [-0.39, 0.29) is 5.52 Å². The highest BCUT2D eigenvalue weighted by atomic mass is 19.3. The van der Waals surface area contributed by atoms with Crippen LogP contribution in [0.1, 0.15) is 10.4 Å². The summed E-state index contributed by atoms with van der Waals surface area (Å²) >= 11 is 0. The van der Waals surface area contributed by atoms with Gasteiger partial charge < -0.3 is 14.0 Å². The fraction of sp³-hybridized carbons (Fsp3) is 0.286. The Bertz CT molecular complexity index is 832. The van der Waals surface area contributed by atoms with Crippen LogP contribution in [-0.4, -0.2) is 31.2 Å². The molecule has 0 N–H and O–H groups in total. The lowest BCUT2D eigenvalue weighted by molar-refractivity contribution is 0.0597. The summed E-state index contributed by atoms with van der Waals surface area (Å²) in [6.07, 6.45) is -2.06. The Labute approximate surface area is 127 Å². The maximum absolute atomic E-state index is 13.8. The zero-order chi connectivity index (χ0) is 17.3. The number of fused-ring (bicyclic) bond motifs is 1. The second kappa shape index (κ2) is 6.27. The van der Waals surface area contributed by atoms with Crippen molar-refractivity contribution in [2.24, 2.45) is 0 Å². The molecule has 0 spiro atoms. The number of esters is 1. The van der Waals surface area contributed by atoms with Crippen LogP contribution in [0.15, 0.2) is 17.1 Å². The third kappa shape index (κ3) is 2.86. The smallest absolute Gasteiger partial charge is 0.343 e. The number of aromatic nitrogens is 1. The number of methoxy groups -OCH3 is 2. The second-order valence-electron chi connectivity index (χ2n) is 4.51. The number of carbonyl (C=O) groups excluding carboxylic acids is 1. The number of carbonyl (C=O) groups is 1. The third-order valence-corrected chi connectivity index (χ3v) is 3.16. The van der Waals surface area contributed by atoms with Crippen molar-refractivity contribution >= 4 is 16.9 Å². The number of pyridine rings is 1. The van der Waals surface area contributed by atoms with Crippen LogP contribution in [0.2, 0.25) is 0 Å².